The number of carbonyl (C=O) groups excluding carboxylic acids is 2. The molecule has 8 nitrogen and oxygen atoms in total. The van der Waals surface area contributed by atoms with Crippen molar-refractivity contribution in [3.63, 3.8) is 0 Å². The standard InChI is InChI=1S/C13H20O8/c1-3-16-5-7-18-11(14)13(20-9-10-21-13)12(15)19-8-6-17-4-2/h9-10H,3-8H2,1-2H3. The van der Waals surface area contributed by atoms with E-state index in [1.807, 2.05) is 13.8 Å². The second-order valence-electron chi connectivity index (χ2n) is 3.79. The molecule has 0 aromatic carbocycles. The predicted octanol–water partition coefficient (Wildman–Crippen LogP) is 0.360. The van der Waals surface area contributed by atoms with Gasteiger partial charge in [0.25, 0.3) is 0 Å². The molecule has 0 amide bonds. The zero-order valence-corrected chi connectivity index (χ0v) is 12.2. The first-order chi connectivity index (χ1) is 10.2. The van der Waals surface area contributed by atoms with Crippen LogP contribution in [0.1, 0.15) is 13.8 Å². The van der Waals surface area contributed by atoms with Crippen molar-refractivity contribution < 1.29 is 38.0 Å². The third kappa shape index (κ3) is 4.91. The summed E-state index contributed by atoms with van der Waals surface area (Å²) < 4.78 is 29.7. The Balaban J connectivity index is 2.48. The van der Waals surface area contributed by atoms with E-state index in [-0.39, 0.29) is 26.4 Å². The van der Waals surface area contributed by atoms with Crippen molar-refractivity contribution in [1.29, 1.82) is 0 Å². The largest absolute Gasteiger partial charge is 0.457 e. The molecule has 0 aromatic heterocycles. The summed E-state index contributed by atoms with van der Waals surface area (Å²) in [6, 6.07) is 0. The highest BCUT2D eigenvalue weighted by molar-refractivity contribution is 6.02. The van der Waals surface area contributed by atoms with E-state index in [0.29, 0.717) is 13.2 Å². The molecule has 0 aromatic rings. The third-order valence-electron chi connectivity index (χ3n) is 2.39. The summed E-state index contributed by atoms with van der Waals surface area (Å²) in [7, 11) is 0. The molecule has 0 spiro atoms. The van der Waals surface area contributed by atoms with Crippen LogP contribution in [0.25, 0.3) is 0 Å². The molecule has 0 saturated heterocycles. The molecule has 1 rings (SSSR count). The Hall–Kier alpha value is -1.80. The molecule has 1 aliphatic rings. The molecular formula is C13H20O8. The first kappa shape index (κ1) is 17.3. The Kier molecular flexibility index (Phi) is 7.55. The fraction of sp³-hybridized carbons (Fsp3) is 0.692. The summed E-state index contributed by atoms with van der Waals surface area (Å²) in [6.07, 6.45) is 2.15. The van der Waals surface area contributed by atoms with E-state index in [1.165, 1.54) is 0 Å². The molecule has 0 N–H and O–H groups in total. The second kappa shape index (κ2) is 9.19. The first-order valence-electron chi connectivity index (χ1n) is 6.68. The van der Waals surface area contributed by atoms with E-state index in [4.69, 9.17) is 28.4 Å². The average Bonchev–Trinajstić information content (AvgIpc) is 2.98. The fourth-order valence-corrected chi connectivity index (χ4v) is 1.42. The quantitative estimate of drug-likeness (QED) is 0.325. The lowest BCUT2D eigenvalue weighted by molar-refractivity contribution is -0.218. The molecule has 1 heterocycles. The fourth-order valence-electron chi connectivity index (χ4n) is 1.42. The number of hydrogen-bond donors (Lipinski definition) is 0. The molecule has 1 aliphatic heterocycles. The number of esters is 2. The summed E-state index contributed by atoms with van der Waals surface area (Å²) in [6.45, 7) is 5.00. The van der Waals surface area contributed by atoms with Gasteiger partial charge in [0.1, 0.15) is 25.7 Å². The van der Waals surface area contributed by atoms with Gasteiger partial charge in [-0.3, -0.25) is 0 Å². The minimum Gasteiger partial charge on any atom is -0.457 e. The van der Waals surface area contributed by atoms with E-state index in [2.05, 4.69) is 0 Å². The van der Waals surface area contributed by atoms with E-state index in [1.54, 1.807) is 0 Å². The van der Waals surface area contributed by atoms with Crippen molar-refractivity contribution in [3.8, 4) is 0 Å². The molecule has 8 heteroatoms. The zero-order valence-electron chi connectivity index (χ0n) is 12.2. The van der Waals surface area contributed by atoms with E-state index in [9.17, 15) is 9.59 Å². The van der Waals surface area contributed by atoms with Crippen LogP contribution in [-0.4, -0.2) is 57.4 Å². The van der Waals surface area contributed by atoms with Gasteiger partial charge in [0, 0.05) is 13.2 Å². The van der Waals surface area contributed by atoms with Crippen LogP contribution in [-0.2, 0) is 38.0 Å². The summed E-state index contributed by atoms with van der Waals surface area (Å²) in [5.41, 5.74) is 0. The van der Waals surface area contributed by atoms with Gasteiger partial charge >= 0.3 is 17.7 Å². The van der Waals surface area contributed by atoms with Gasteiger partial charge in [0.05, 0.1) is 13.2 Å². The first-order valence-corrected chi connectivity index (χ1v) is 6.68. The normalized spacial score (nSPS) is 15.1. The monoisotopic (exact) mass is 304 g/mol. The summed E-state index contributed by atoms with van der Waals surface area (Å²) >= 11 is 0. The van der Waals surface area contributed by atoms with Gasteiger partial charge in [-0.15, -0.1) is 0 Å². The molecule has 0 unspecified atom stereocenters. The molecular weight excluding hydrogens is 284 g/mol. The molecule has 0 bridgehead atoms. The van der Waals surface area contributed by atoms with Gasteiger partial charge < -0.3 is 28.4 Å². The molecule has 0 radical (unpaired) electrons. The molecule has 0 atom stereocenters. The maximum absolute atomic E-state index is 12.0. The number of rotatable bonds is 10. The lowest BCUT2D eigenvalue weighted by atomic mass is 10.3. The topological polar surface area (TPSA) is 89.5 Å². The summed E-state index contributed by atoms with van der Waals surface area (Å²) in [4.78, 5) is 23.9. The Bertz CT molecular complexity index is 331. The second-order valence-corrected chi connectivity index (χ2v) is 3.79. The van der Waals surface area contributed by atoms with Gasteiger partial charge in [0.15, 0.2) is 0 Å². The number of carbonyl (C=O) groups is 2. The van der Waals surface area contributed by atoms with E-state index in [0.717, 1.165) is 12.5 Å². The van der Waals surface area contributed by atoms with Crippen molar-refractivity contribution in [2.45, 2.75) is 19.6 Å². The van der Waals surface area contributed by atoms with Crippen LogP contribution in [0.3, 0.4) is 0 Å². The van der Waals surface area contributed by atoms with Crippen LogP contribution in [0.2, 0.25) is 0 Å². The van der Waals surface area contributed by atoms with Gasteiger partial charge in [-0.05, 0) is 13.8 Å². The van der Waals surface area contributed by atoms with Crippen LogP contribution >= 0.6 is 0 Å². The zero-order chi connectivity index (χ0) is 15.6. The highest BCUT2D eigenvalue weighted by Gasteiger charge is 2.56. The van der Waals surface area contributed by atoms with E-state index < -0.39 is 17.7 Å². The predicted molar refractivity (Wildman–Crippen MR) is 68.9 cm³/mol. The van der Waals surface area contributed by atoms with Crippen LogP contribution in [0.15, 0.2) is 12.5 Å². The Morgan fingerprint density at radius 3 is 1.67 bits per heavy atom. The van der Waals surface area contributed by atoms with Crippen molar-refractivity contribution in [2.75, 3.05) is 39.6 Å². The minimum atomic E-state index is -2.24. The highest BCUT2D eigenvalue weighted by Crippen LogP contribution is 2.24. The van der Waals surface area contributed by atoms with Gasteiger partial charge in [-0.1, -0.05) is 0 Å². The summed E-state index contributed by atoms with van der Waals surface area (Å²) in [5, 5.41) is 0. The maximum atomic E-state index is 12.0. The molecule has 0 aliphatic carbocycles. The van der Waals surface area contributed by atoms with Crippen LogP contribution < -0.4 is 0 Å². The SMILES string of the molecule is CCOCCOC(=O)C1(C(=O)OCCOCC)OC=CO1. The lowest BCUT2D eigenvalue weighted by Crippen LogP contribution is -2.50. The molecule has 21 heavy (non-hydrogen) atoms. The Morgan fingerprint density at radius 1 is 0.857 bits per heavy atom. The van der Waals surface area contributed by atoms with Crippen LogP contribution in [0.4, 0.5) is 0 Å². The number of hydrogen-bond acceptors (Lipinski definition) is 8. The minimum absolute atomic E-state index is 0.0205. The maximum Gasteiger partial charge on any atom is 0.452 e. The van der Waals surface area contributed by atoms with Crippen LogP contribution in [0, 0.1) is 0 Å². The average molecular weight is 304 g/mol. The highest BCUT2D eigenvalue weighted by atomic mass is 16.8. The van der Waals surface area contributed by atoms with Gasteiger partial charge in [0.2, 0.25) is 0 Å². The van der Waals surface area contributed by atoms with Crippen LogP contribution in [0.5, 0.6) is 0 Å². The van der Waals surface area contributed by atoms with Crippen molar-refractivity contribution in [1.82, 2.24) is 0 Å². The Labute approximate surface area is 122 Å². The molecule has 0 saturated carbocycles. The number of ether oxygens (including phenoxy) is 6. The van der Waals surface area contributed by atoms with Gasteiger partial charge in [-0.2, -0.15) is 0 Å². The lowest BCUT2D eigenvalue weighted by Gasteiger charge is -2.22. The molecule has 120 valence electrons. The third-order valence-corrected chi connectivity index (χ3v) is 2.39. The van der Waals surface area contributed by atoms with Crippen molar-refractivity contribution in [2.24, 2.45) is 0 Å². The van der Waals surface area contributed by atoms with Crippen molar-refractivity contribution >= 4 is 11.9 Å². The smallest absolute Gasteiger partial charge is 0.452 e. The van der Waals surface area contributed by atoms with Crippen molar-refractivity contribution in [3.05, 3.63) is 12.5 Å². The van der Waals surface area contributed by atoms with Gasteiger partial charge in [-0.25, -0.2) is 9.59 Å². The Morgan fingerprint density at radius 2 is 1.29 bits per heavy atom. The summed E-state index contributed by atoms with van der Waals surface area (Å²) in [5.74, 6) is -4.22. The molecule has 0 fully saturated rings. The van der Waals surface area contributed by atoms with E-state index >= 15 is 0 Å².